The highest BCUT2D eigenvalue weighted by molar-refractivity contribution is 5.93. The van der Waals surface area contributed by atoms with E-state index in [0.29, 0.717) is 6.54 Å². The first-order valence-corrected chi connectivity index (χ1v) is 6.43. The van der Waals surface area contributed by atoms with Gasteiger partial charge in [-0.15, -0.1) is 0 Å². The Balaban J connectivity index is 1.87. The van der Waals surface area contributed by atoms with Crippen LogP contribution in [0.2, 0.25) is 0 Å². The average molecular weight is 255 g/mol. The summed E-state index contributed by atoms with van der Waals surface area (Å²) < 4.78 is 1.86. The average Bonchev–Trinajstić information content (AvgIpc) is 2.84. The quantitative estimate of drug-likeness (QED) is 0.790. The van der Waals surface area contributed by atoms with Crippen molar-refractivity contribution in [1.82, 2.24) is 9.47 Å². The van der Waals surface area contributed by atoms with E-state index in [1.54, 1.807) is 0 Å². The van der Waals surface area contributed by atoms with Crippen molar-refractivity contribution in [3.63, 3.8) is 0 Å². The molecule has 0 bridgehead atoms. The van der Waals surface area contributed by atoms with Crippen LogP contribution in [0.3, 0.4) is 0 Å². The number of anilines is 1. The first kappa shape index (κ1) is 11.8. The maximum Gasteiger partial charge on any atom is 0.270 e. The van der Waals surface area contributed by atoms with Crippen molar-refractivity contribution in [3.8, 4) is 0 Å². The molecule has 4 nitrogen and oxygen atoms in total. The molecule has 1 aromatic heterocycles. The van der Waals surface area contributed by atoms with E-state index in [-0.39, 0.29) is 5.91 Å². The fraction of sp³-hybridized carbons (Fsp3) is 0.267. The molecule has 4 heteroatoms. The number of carbonyl (C=O) groups is 1. The Kier molecular flexibility index (Phi) is 2.78. The summed E-state index contributed by atoms with van der Waals surface area (Å²) in [5, 5.41) is 0. The number of hydrogen-bond acceptors (Lipinski definition) is 2. The van der Waals surface area contributed by atoms with Gasteiger partial charge in [0, 0.05) is 32.0 Å². The second kappa shape index (κ2) is 4.46. The number of hydrogen-bond donors (Lipinski definition) is 1. The zero-order valence-corrected chi connectivity index (χ0v) is 11.0. The lowest BCUT2D eigenvalue weighted by Crippen LogP contribution is -2.37. The summed E-state index contributed by atoms with van der Waals surface area (Å²) in [6, 6.07) is 9.68. The van der Waals surface area contributed by atoms with Crippen molar-refractivity contribution in [2.45, 2.75) is 13.0 Å². The van der Waals surface area contributed by atoms with Gasteiger partial charge in [0.1, 0.15) is 5.69 Å². The number of benzene rings is 1. The Morgan fingerprint density at radius 2 is 2.11 bits per heavy atom. The number of fused-ring (bicyclic) bond motifs is 1. The van der Waals surface area contributed by atoms with E-state index in [1.165, 1.54) is 5.56 Å². The van der Waals surface area contributed by atoms with Crippen LogP contribution >= 0.6 is 0 Å². The largest absolute Gasteiger partial charge is 0.398 e. The molecule has 0 spiro atoms. The monoisotopic (exact) mass is 255 g/mol. The lowest BCUT2D eigenvalue weighted by Gasteiger charge is -2.29. The molecule has 3 rings (SSSR count). The van der Waals surface area contributed by atoms with Crippen molar-refractivity contribution < 1.29 is 4.79 Å². The van der Waals surface area contributed by atoms with Crippen LogP contribution in [0, 0.1) is 0 Å². The molecule has 0 saturated carbocycles. The predicted molar refractivity (Wildman–Crippen MR) is 74.7 cm³/mol. The minimum absolute atomic E-state index is 0.0839. The molecule has 0 unspecified atom stereocenters. The van der Waals surface area contributed by atoms with Gasteiger partial charge in [-0.3, -0.25) is 4.79 Å². The third kappa shape index (κ3) is 1.99. The number of aryl methyl sites for hydroxylation is 1. The zero-order valence-electron chi connectivity index (χ0n) is 11.0. The molecule has 2 heterocycles. The number of nitrogens with zero attached hydrogens (tertiary/aromatic N) is 2. The fourth-order valence-corrected chi connectivity index (χ4v) is 2.66. The van der Waals surface area contributed by atoms with Gasteiger partial charge < -0.3 is 15.2 Å². The highest BCUT2D eigenvalue weighted by Gasteiger charge is 2.23. The predicted octanol–water partition coefficient (Wildman–Crippen LogP) is 1.81. The van der Waals surface area contributed by atoms with Crippen LogP contribution in [0.4, 0.5) is 5.69 Å². The van der Waals surface area contributed by atoms with Gasteiger partial charge in [-0.2, -0.15) is 0 Å². The SMILES string of the molecule is Cn1cccc1C(=O)N1CCc2c(N)cccc2C1. The number of carbonyl (C=O) groups excluding carboxylic acids is 1. The third-order valence-corrected chi connectivity index (χ3v) is 3.75. The highest BCUT2D eigenvalue weighted by atomic mass is 16.2. The minimum Gasteiger partial charge on any atom is -0.398 e. The van der Waals surface area contributed by atoms with Gasteiger partial charge in [0.2, 0.25) is 0 Å². The molecule has 19 heavy (non-hydrogen) atoms. The summed E-state index contributed by atoms with van der Waals surface area (Å²) in [4.78, 5) is 14.3. The maximum atomic E-state index is 12.5. The first-order chi connectivity index (χ1) is 9.16. The molecule has 98 valence electrons. The maximum absolute atomic E-state index is 12.5. The van der Waals surface area contributed by atoms with Crippen LogP contribution in [0.15, 0.2) is 36.5 Å². The van der Waals surface area contributed by atoms with E-state index in [0.717, 1.165) is 29.9 Å². The van der Waals surface area contributed by atoms with E-state index in [1.807, 2.05) is 47.0 Å². The minimum atomic E-state index is 0.0839. The van der Waals surface area contributed by atoms with Gasteiger partial charge in [0.05, 0.1) is 0 Å². The van der Waals surface area contributed by atoms with Crippen molar-refractivity contribution in [1.29, 1.82) is 0 Å². The van der Waals surface area contributed by atoms with Crippen LogP contribution in [0.25, 0.3) is 0 Å². The molecule has 1 aliphatic heterocycles. The van der Waals surface area contributed by atoms with Crippen LogP contribution in [0.5, 0.6) is 0 Å². The van der Waals surface area contributed by atoms with E-state index >= 15 is 0 Å². The van der Waals surface area contributed by atoms with Gasteiger partial charge in [-0.05, 0) is 35.7 Å². The topological polar surface area (TPSA) is 51.3 Å². The molecule has 1 aromatic carbocycles. The zero-order chi connectivity index (χ0) is 13.4. The summed E-state index contributed by atoms with van der Waals surface area (Å²) in [7, 11) is 1.89. The van der Waals surface area contributed by atoms with Gasteiger partial charge >= 0.3 is 0 Å². The normalized spacial score (nSPS) is 14.3. The van der Waals surface area contributed by atoms with E-state index in [2.05, 4.69) is 6.07 Å². The molecule has 2 aromatic rings. The lowest BCUT2D eigenvalue weighted by atomic mass is 9.98. The number of nitrogen functional groups attached to an aromatic ring is 1. The number of aromatic nitrogens is 1. The van der Waals surface area contributed by atoms with Crippen molar-refractivity contribution in [2.75, 3.05) is 12.3 Å². The van der Waals surface area contributed by atoms with Crippen molar-refractivity contribution in [2.24, 2.45) is 7.05 Å². The van der Waals surface area contributed by atoms with E-state index in [9.17, 15) is 4.79 Å². The standard InChI is InChI=1S/C15H17N3O/c1-17-8-3-6-14(17)15(19)18-9-7-12-11(10-18)4-2-5-13(12)16/h2-6,8H,7,9-10,16H2,1H3. The summed E-state index contributed by atoms with van der Waals surface area (Å²) in [5.41, 5.74) is 9.89. The van der Waals surface area contributed by atoms with Gasteiger partial charge in [0.25, 0.3) is 5.91 Å². The third-order valence-electron chi connectivity index (χ3n) is 3.75. The second-order valence-electron chi connectivity index (χ2n) is 4.97. The highest BCUT2D eigenvalue weighted by Crippen LogP contribution is 2.25. The van der Waals surface area contributed by atoms with Crippen molar-refractivity contribution >= 4 is 11.6 Å². The fourth-order valence-electron chi connectivity index (χ4n) is 2.66. The van der Waals surface area contributed by atoms with Gasteiger partial charge in [0.15, 0.2) is 0 Å². The van der Waals surface area contributed by atoms with E-state index < -0.39 is 0 Å². The Morgan fingerprint density at radius 3 is 2.84 bits per heavy atom. The molecule has 0 aliphatic carbocycles. The molecular formula is C15H17N3O. The lowest BCUT2D eigenvalue weighted by molar-refractivity contribution is 0.0725. The molecule has 0 radical (unpaired) electrons. The van der Waals surface area contributed by atoms with Crippen LogP contribution in [-0.4, -0.2) is 21.9 Å². The Labute approximate surface area is 112 Å². The molecule has 0 fully saturated rings. The smallest absolute Gasteiger partial charge is 0.270 e. The Bertz CT molecular complexity index is 630. The molecule has 1 aliphatic rings. The molecule has 1 amide bonds. The Hall–Kier alpha value is -2.23. The van der Waals surface area contributed by atoms with Crippen molar-refractivity contribution in [3.05, 3.63) is 53.3 Å². The molecule has 2 N–H and O–H groups in total. The second-order valence-corrected chi connectivity index (χ2v) is 4.97. The van der Waals surface area contributed by atoms with Crippen LogP contribution in [0.1, 0.15) is 21.6 Å². The molecule has 0 saturated heterocycles. The van der Waals surface area contributed by atoms with E-state index in [4.69, 9.17) is 5.73 Å². The Morgan fingerprint density at radius 1 is 1.26 bits per heavy atom. The van der Waals surface area contributed by atoms with Crippen LogP contribution in [-0.2, 0) is 20.0 Å². The summed E-state index contributed by atoms with van der Waals surface area (Å²) in [5.74, 6) is 0.0839. The number of amides is 1. The number of nitrogens with two attached hydrogens (primary N) is 1. The molecule has 0 atom stereocenters. The summed E-state index contributed by atoms with van der Waals surface area (Å²) in [6.07, 6.45) is 2.72. The molecular weight excluding hydrogens is 238 g/mol. The van der Waals surface area contributed by atoms with Gasteiger partial charge in [-0.25, -0.2) is 0 Å². The number of rotatable bonds is 1. The first-order valence-electron chi connectivity index (χ1n) is 6.43. The summed E-state index contributed by atoms with van der Waals surface area (Å²) in [6.45, 7) is 1.37. The van der Waals surface area contributed by atoms with Gasteiger partial charge in [-0.1, -0.05) is 12.1 Å². The summed E-state index contributed by atoms with van der Waals surface area (Å²) >= 11 is 0. The van der Waals surface area contributed by atoms with Crippen LogP contribution < -0.4 is 5.73 Å².